The lowest BCUT2D eigenvalue weighted by Crippen LogP contribution is -2.59. The number of ether oxygens (including phenoxy) is 1. The topological polar surface area (TPSA) is 95.9 Å². The number of carbonyl (C=O) groups excluding carboxylic acids is 2. The molecule has 0 bridgehead atoms. The molecule has 1 heterocycles. The summed E-state index contributed by atoms with van der Waals surface area (Å²) in [7, 11) is 1.63. The van der Waals surface area contributed by atoms with Crippen LogP contribution in [-0.4, -0.2) is 59.6 Å². The third-order valence-electron chi connectivity index (χ3n) is 6.94. The molecular weight excluding hydrogens is 348 g/mol. The van der Waals surface area contributed by atoms with Crippen LogP contribution in [0.25, 0.3) is 0 Å². The summed E-state index contributed by atoms with van der Waals surface area (Å²) >= 11 is 0. The Balaban J connectivity index is 1.73. The van der Waals surface area contributed by atoms with E-state index in [2.05, 4.69) is 19.2 Å². The van der Waals surface area contributed by atoms with Gasteiger partial charge in [0.2, 0.25) is 11.8 Å². The SMILES string of the molecule is COC1CC(C(=O)NC(C(=O)N2C[C@H]3[C@@H]([C@H]2C(=O)O)C3(C)C)C(C)(C)C)C1. The highest BCUT2D eigenvalue weighted by molar-refractivity contribution is 5.92. The Morgan fingerprint density at radius 1 is 1.22 bits per heavy atom. The number of nitrogens with one attached hydrogen (secondary N) is 1. The quantitative estimate of drug-likeness (QED) is 0.754. The van der Waals surface area contributed by atoms with E-state index in [1.807, 2.05) is 20.8 Å². The standard InChI is InChI=1S/C20H32N2O5/c1-19(2,3)15(21-16(23)10-7-11(8-10)27-6)17(24)22-9-12-13(20(12,4)5)14(22)18(25)26/h10-15H,7-9H2,1-6H3,(H,21,23)(H,25,26)/t10?,11?,12-,13-,14-,15?/m0/s1. The van der Waals surface area contributed by atoms with E-state index >= 15 is 0 Å². The predicted octanol–water partition coefficient (Wildman–Crippen LogP) is 1.51. The van der Waals surface area contributed by atoms with Crippen molar-refractivity contribution in [1.29, 1.82) is 0 Å². The number of fused-ring (bicyclic) bond motifs is 1. The number of methoxy groups -OCH3 is 1. The van der Waals surface area contributed by atoms with Gasteiger partial charge in [0.1, 0.15) is 12.1 Å². The van der Waals surface area contributed by atoms with Crippen LogP contribution in [0.1, 0.15) is 47.5 Å². The van der Waals surface area contributed by atoms with Gasteiger partial charge in [-0.3, -0.25) is 9.59 Å². The fourth-order valence-electron chi connectivity index (χ4n) is 4.84. The van der Waals surface area contributed by atoms with E-state index < -0.39 is 23.5 Å². The lowest BCUT2D eigenvalue weighted by atomic mass is 9.80. The molecule has 3 rings (SSSR count). The third kappa shape index (κ3) is 3.35. The molecule has 27 heavy (non-hydrogen) atoms. The van der Waals surface area contributed by atoms with Gasteiger partial charge in [0.25, 0.3) is 0 Å². The third-order valence-corrected chi connectivity index (χ3v) is 6.94. The normalized spacial score (nSPS) is 35.0. The summed E-state index contributed by atoms with van der Waals surface area (Å²) in [5.74, 6) is -1.32. The molecule has 1 aliphatic heterocycles. The highest BCUT2D eigenvalue weighted by Crippen LogP contribution is 2.65. The number of aliphatic carboxylic acids is 1. The van der Waals surface area contributed by atoms with Crippen LogP contribution in [0.3, 0.4) is 0 Å². The lowest BCUT2D eigenvalue weighted by Gasteiger charge is -2.39. The summed E-state index contributed by atoms with van der Waals surface area (Å²) in [6, 6.07) is -1.55. The second-order valence-electron chi connectivity index (χ2n) is 10.1. The number of carbonyl (C=O) groups is 3. The molecule has 0 aromatic rings. The van der Waals surface area contributed by atoms with Gasteiger partial charge in [0, 0.05) is 25.5 Å². The Labute approximate surface area is 160 Å². The number of amides is 2. The summed E-state index contributed by atoms with van der Waals surface area (Å²) in [6.45, 7) is 10.3. The van der Waals surface area contributed by atoms with Crippen molar-refractivity contribution in [3.63, 3.8) is 0 Å². The van der Waals surface area contributed by atoms with E-state index in [0.29, 0.717) is 19.4 Å². The Kier molecular flexibility index (Phi) is 4.82. The van der Waals surface area contributed by atoms with Gasteiger partial charge >= 0.3 is 5.97 Å². The average Bonchev–Trinajstić information content (AvgIpc) is 2.88. The molecule has 0 spiro atoms. The molecule has 4 atom stereocenters. The van der Waals surface area contributed by atoms with Crippen molar-refractivity contribution in [3.05, 3.63) is 0 Å². The van der Waals surface area contributed by atoms with Gasteiger partial charge in [0.05, 0.1) is 6.10 Å². The molecule has 0 radical (unpaired) electrons. The van der Waals surface area contributed by atoms with Crippen LogP contribution in [0.4, 0.5) is 0 Å². The van der Waals surface area contributed by atoms with Crippen LogP contribution in [-0.2, 0) is 19.1 Å². The van der Waals surface area contributed by atoms with Crippen LogP contribution in [0, 0.1) is 28.6 Å². The predicted molar refractivity (Wildman–Crippen MR) is 98.8 cm³/mol. The molecule has 2 saturated carbocycles. The van der Waals surface area contributed by atoms with Gasteiger partial charge in [-0.25, -0.2) is 4.79 Å². The molecule has 2 aliphatic carbocycles. The minimum atomic E-state index is -0.956. The number of nitrogens with zero attached hydrogens (tertiary/aromatic N) is 1. The molecule has 3 aliphatic rings. The second kappa shape index (κ2) is 6.47. The summed E-state index contributed by atoms with van der Waals surface area (Å²) in [6.07, 6.45) is 1.43. The molecular formula is C20H32N2O5. The largest absolute Gasteiger partial charge is 0.480 e. The number of carboxylic acid groups (broad SMARTS) is 1. The van der Waals surface area contributed by atoms with Crippen LogP contribution in [0.15, 0.2) is 0 Å². The van der Waals surface area contributed by atoms with E-state index in [1.54, 1.807) is 7.11 Å². The van der Waals surface area contributed by atoms with Gasteiger partial charge in [-0.15, -0.1) is 0 Å². The first-order chi connectivity index (χ1) is 12.4. The zero-order chi connectivity index (χ0) is 20.3. The Morgan fingerprint density at radius 2 is 1.81 bits per heavy atom. The zero-order valence-corrected chi connectivity index (χ0v) is 17.1. The van der Waals surface area contributed by atoms with Crippen molar-refractivity contribution in [2.24, 2.45) is 28.6 Å². The van der Waals surface area contributed by atoms with Gasteiger partial charge < -0.3 is 20.1 Å². The molecule has 0 aromatic carbocycles. The fourth-order valence-corrected chi connectivity index (χ4v) is 4.84. The first-order valence-corrected chi connectivity index (χ1v) is 9.76. The molecule has 2 amide bonds. The highest BCUT2D eigenvalue weighted by atomic mass is 16.5. The summed E-state index contributed by atoms with van der Waals surface area (Å²) in [5, 5.41) is 12.6. The summed E-state index contributed by atoms with van der Waals surface area (Å²) in [4.78, 5) is 39.3. The van der Waals surface area contributed by atoms with Crippen molar-refractivity contribution >= 4 is 17.8 Å². The van der Waals surface area contributed by atoms with E-state index in [0.717, 1.165) is 0 Å². The number of carboxylic acids is 1. The van der Waals surface area contributed by atoms with Gasteiger partial charge in [-0.05, 0) is 29.6 Å². The van der Waals surface area contributed by atoms with Crippen molar-refractivity contribution in [1.82, 2.24) is 10.2 Å². The Morgan fingerprint density at radius 3 is 2.30 bits per heavy atom. The van der Waals surface area contributed by atoms with Crippen molar-refractivity contribution in [2.75, 3.05) is 13.7 Å². The van der Waals surface area contributed by atoms with Gasteiger partial charge in [-0.2, -0.15) is 0 Å². The van der Waals surface area contributed by atoms with Crippen molar-refractivity contribution < 1.29 is 24.2 Å². The molecule has 1 saturated heterocycles. The first kappa shape index (κ1) is 20.1. The molecule has 3 fully saturated rings. The zero-order valence-electron chi connectivity index (χ0n) is 17.1. The minimum Gasteiger partial charge on any atom is -0.480 e. The smallest absolute Gasteiger partial charge is 0.326 e. The monoisotopic (exact) mass is 380 g/mol. The maximum atomic E-state index is 13.3. The molecule has 7 heteroatoms. The van der Waals surface area contributed by atoms with Gasteiger partial charge in [-0.1, -0.05) is 34.6 Å². The number of hydrogen-bond donors (Lipinski definition) is 2. The summed E-state index contributed by atoms with van der Waals surface area (Å²) < 4.78 is 5.22. The first-order valence-electron chi connectivity index (χ1n) is 9.76. The van der Waals surface area contributed by atoms with E-state index in [9.17, 15) is 19.5 Å². The molecule has 2 N–H and O–H groups in total. The molecule has 1 unspecified atom stereocenters. The van der Waals surface area contributed by atoms with Crippen molar-refractivity contribution in [3.8, 4) is 0 Å². The van der Waals surface area contributed by atoms with E-state index in [4.69, 9.17) is 4.74 Å². The van der Waals surface area contributed by atoms with Crippen LogP contribution in [0.5, 0.6) is 0 Å². The molecule has 152 valence electrons. The van der Waals surface area contributed by atoms with Crippen LogP contribution >= 0.6 is 0 Å². The van der Waals surface area contributed by atoms with Crippen LogP contribution < -0.4 is 5.32 Å². The number of likely N-dealkylation sites (tertiary alicyclic amines) is 1. The fraction of sp³-hybridized carbons (Fsp3) is 0.850. The second-order valence-corrected chi connectivity index (χ2v) is 10.1. The maximum Gasteiger partial charge on any atom is 0.326 e. The average molecular weight is 380 g/mol. The van der Waals surface area contributed by atoms with Crippen LogP contribution in [0.2, 0.25) is 0 Å². The highest BCUT2D eigenvalue weighted by Gasteiger charge is 2.70. The minimum absolute atomic E-state index is 0.00985. The Bertz CT molecular complexity index is 647. The Hall–Kier alpha value is -1.63. The number of piperidine rings is 1. The number of rotatable bonds is 5. The maximum absolute atomic E-state index is 13.3. The molecule has 0 aromatic heterocycles. The summed E-state index contributed by atoms with van der Waals surface area (Å²) in [5.41, 5.74) is -0.552. The van der Waals surface area contributed by atoms with Gasteiger partial charge in [0.15, 0.2) is 0 Å². The molecule has 7 nitrogen and oxygen atoms in total. The van der Waals surface area contributed by atoms with Crippen molar-refractivity contribution in [2.45, 2.75) is 65.6 Å². The lowest BCUT2D eigenvalue weighted by molar-refractivity contribution is -0.153. The number of hydrogen-bond acceptors (Lipinski definition) is 4. The van der Waals surface area contributed by atoms with E-state index in [-0.39, 0.29) is 41.1 Å². The van der Waals surface area contributed by atoms with E-state index in [1.165, 1.54) is 4.90 Å².